The van der Waals surface area contributed by atoms with Crippen LogP contribution < -0.4 is 11.1 Å². The molecule has 1 amide bonds. The zero-order valence-electron chi connectivity index (χ0n) is 11.0. The number of carbonyl (C=O) groups excluding carboxylic acids is 1. The molecule has 1 aromatic heterocycles. The van der Waals surface area contributed by atoms with Crippen LogP contribution in [0.2, 0.25) is 0 Å². The maximum absolute atomic E-state index is 11.9. The second-order valence-corrected chi connectivity index (χ2v) is 4.43. The van der Waals surface area contributed by atoms with E-state index in [4.69, 9.17) is 5.73 Å². The number of benzene rings is 1. The van der Waals surface area contributed by atoms with Crippen LogP contribution >= 0.6 is 0 Å². The Hall–Kier alpha value is -2.22. The molecule has 1 aromatic carbocycles. The van der Waals surface area contributed by atoms with Crippen molar-refractivity contribution in [2.45, 2.75) is 6.18 Å². The molecule has 0 saturated carbocycles. The number of fused-ring (bicyclic) bond motifs is 1. The predicted molar refractivity (Wildman–Crippen MR) is 71.9 cm³/mol. The van der Waals surface area contributed by atoms with Gasteiger partial charge in [-0.2, -0.15) is 13.2 Å². The van der Waals surface area contributed by atoms with E-state index in [1.807, 2.05) is 0 Å². The fourth-order valence-corrected chi connectivity index (χ4v) is 1.85. The number of alkyl halides is 3. The second-order valence-electron chi connectivity index (χ2n) is 4.43. The summed E-state index contributed by atoms with van der Waals surface area (Å²) in [5.41, 5.74) is 7.32. The van der Waals surface area contributed by atoms with Gasteiger partial charge in [0.2, 0.25) is 0 Å². The van der Waals surface area contributed by atoms with Crippen molar-refractivity contribution in [3.63, 3.8) is 0 Å². The molecule has 114 valence electrons. The fraction of sp³-hybridized carbons (Fsp3) is 0.308. The van der Waals surface area contributed by atoms with E-state index < -0.39 is 12.8 Å². The van der Waals surface area contributed by atoms with Gasteiger partial charge in [-0.3, -0.25) is 4.79 Å². The number of rotatable bonds is 5. The van der Waals surface area contributed by atoms with Crippen LogP contribution in [0.3, 0.4) is 0 Å². The highest BCUT2D eigenvalue weighted by Gasteiger charge is 2.27. The number of carbonyl (C=O) groups is 1. The number of halogens is 3. The Balaban J connectivity index is 1.88. The van der Waals surface area contributed by atoms with Crippen molar-refractivity contribution in [1.82, 2.24) is 10.3 Å². The molecule has 0 aliphatic heterocycles. The number of nitrogens with one attached hydrogen (secondary N) is 2. The van der Waals surface area contributed by atoms with Crippen molar-refractivity contribution in [3.8, 4) is 0 Å². The monoisotopic (exact) mass is 301 g/mol. The summed E-state index contributed by atoms with van der Waals surface area (Å²) in [5, 5.41) is 3.19. The number of aromatic amines is 1. The highest BCUT2D eigenvalue weighted by Crippen LogP contribution is 2.20. The summed E-state index contributed by atoms with van der Waals surface area (Å²) in [6, 6.07) is 5.06. The Morgan fingerprint density at radius 2 is 2.14 bits per heavy atom. The van der Waals surface area contributed by atoms with Crippen LogP contribution in [0.15, 0.2) is 24.4 Å². The molecular weight excluding hydrogens is 287 g/mol. The summed E-state index contributed by atoms with van der Waals surface area (Å²) in [6.45, 7) is -1.54. The van der Waals surface area contributed by atoms with Crippen molar-refractivity contribution in [3.05, 3.63) is 30.0 Å². The Morgan fingerprint density at radius 3 is 2.86 bits per heavy atom. The Morgan fingerprint density at radius 1 is 1.38 bits per heavy atom. The van der Waals surface area contributed by atoms with Gasteiger partial charge in [-0.1, -0.05) is 0 Å². The average Bonchev–Trinajstić information content (AvgIpc) is 2.79. The third kappa shape index (κ3) is 4.12. The number of anilines is 1. The van der Waals surface area contributed by atoms with E-state index in [-0.39, 0.29) is 19.1 Å². The van der Waals surface area contributed by atoms with Gasteiger partial charge in [0.15, 0.2) is 0 Å². The minimum atomic E-state index is -4.36. The van der Waals surface area contributed by atoms with Gasteiger partial charge in [0.25, 0.3) is 5.91 Å². The molecular formula is C13H14F3N3O2. The molecule has 0 bridgehead atoms. The third-order valence-electron chi connectivity index (χ3n) is 2.75. The molecule has 0 radical (unpaired) electrons. The standard InChI is InChI=1S/C13H14F3N3O2/c14-13(15,16)7-21-4-3-18-12(20)10-6-19-11-5-8(17)1-2-9(10)11/h1-2,5-6,19H,3-4,7,17H2,(H,18,20). The highest BCUT2D eigenvalue weighted by molar-refractivity contribution is 6.07. The smallest absolute Gasteiger partial charge is 0.399 e. The zero-order valence-corrected chi connectivity index (χ0v) is 11.0. The van der Waals surface area contributed by atoms with Crippen LogP contribution in [0.25, 0.3) is 10.9 Å². The molecule has 5 nitrogen and oxygen atoms in total. The lowest BCUT2D eigenvalue weighted by molar-refractivity contribution is -0.173. The first kappa shape index (κ1) is 15.2. The molecule has 21 heavy (non-hydrogen) atoms. The van der Waals surface area contributed by atoms with Gasteiger partial charge in [0.05, 0.1) is 12.2 Å². The van der Waals surface area contributed by atoms with E-state index in [1.54, 1.807) is 18.2 Å². The number of amides is 1. The lowest BCUT2D eigenvalue weighted by Crippen LogP contribution is -2.28. The van der Waals surface area contributed by atoms with Crippen molar-refractivity contribution in [2.24, 2.45) is 0 Å². The molecule has 2 aromatic rings. The molecule has 0 saturated heterocycles. The summed E-state index contributed by atoms with van der Waals surface area (Å²) in [6.07, 6.45) is -2.84. The molecule has 0 atom stereocenters. The average molecular weight is 301 g/mol. The fourth-order valence-electron chi connectivity index (χ4n) is 1.85. The maximum atomic E-state index is 11.9. The van der Waals surface area contributed by atoms with Crippen molar-refractivity contribution >= 4 is 22.5 Å². The van der Waals surface area contributed by atoms with Crippen molar-refractivity contribution < 1.29 is 22.7 Å². The predicted octanol–water partition coefficient (Wildman–Crippen LogP) is 2.06. The van der Waals surface area contributed by atoms with E-state index in [0.717, 1.165) is 0 Å². The first-order chi connectivity index (χ1) is 9.87. The van der Waals surface area contributed by atoms with E-state index in [2.05, 4.69) is 15.0 Å². The number of H-pyrrole nitrogens is 1. The molecule has 1 heterocycles. The first-order valence-corrected chi connectivity index (χ1v) is 6.16. The number of hydrogen-bond donors (Lipinski definition) is 3. The van der Waals surface area contributed by atoms with Gasteiger partial charge in [-0.25, -0.2) is 0 Å². The maximum Gasteiger partial charge on any atom is 0.411 e. The number of ether oxygens (including phenoxy) is 1. The van der Waals surface area contributed by atoms with Crippen LogP contribution in [-0.4, -0.2) is 36.8 Å². The number of nitrogens with two attached hydrogens (primary N) is 1. The second kappa shape index (κ2) is 6.04. The van der Waals surface area contributed by atoms with Crippen molar-refractivity contribution in [1.29, 1.82) is 0 Å². The molecule has 0 fully saturated rings. The lowest BCUT2D eigenvalue weighted by atomic mass is 10.1. The molecule has 8 heteroatoms. The van der Waals surface area contributed by atoms with E-state index in [1.165, 1.54) is 6.20 Å². The number of aromatic nitrogens is 1. The summed E-state index contributed by atoms with van der Waals surface area (Å²) in [7, 11) is 0. The highest BCUT2D eigenvalue weighted by atomic mass is 19.4. The van der Waals surface area contributed by atoms with Crippen LogP contribution in [0.1, 0.15) is 10.4 Å². The molecule has 0 unspecified atom stereocenters. The SMILES string of the molecule is Nc1ccc2c(C(=O)NCCOCC(F)(F)F)c[nH]c2c1. The topological polar surface area (TPSA) is 80.1 Å². The van der Waals surface area contributed by atoms with Gasteiger partial charge in [0, 0.05) is 29.3 Å². The van der Waals surface area contributed by atoms with Crippen LogP contribution in [0.5, 0.6) is 0 Å². The molecule has 0 aliphatic carbocycles. The molecule has 4 N–H and O–H groups in total. The van der Waals surface area contributed by atoms with E-state index >= 15 is 0 Å². The molecule has 0 spiro atoms. The summed E-state index contributed by atoms with van der Waals surface area (Å²) >= 11 is 0. The van der Waals surface area contributed by atoms with E-state index in [9.17, 15) is 18.0 Å². The minimum absolute atomic E-state index is 0.00341. The van der Waals surface area contributed by atoms with Gasteiger partial charge < -0.3 is 20.8 Å². The normalized spacial score (nSPS) is 11.8. The summed E-state index contributed by atoms with van der Waals surface area (Å²) < 4.78 is 39.9. The van der Waals surface area contributed by atoms with Gasteiger partial charge in [-0.05, 0) is 18.2 Å². The van der Waals surface area contributed by atoms with Crippen LogP contribution in [-0.2, 0) is 4.74 Å². The molecule has 0 aliphatic rings. The van der Waals surface area contributed by atoms with Gasteiger partial charge in [-0.15, -0.1) is 0 Å². The Bertz CT molecular complexity index is 637. The first-order valence-electron chi connectivity index (χ1n) is 6.16. The summed E-state index contributed by atoms with van der Waals surface area (Å²) in [5.74, 6) is -0.387. The van der Waals surface area contributed by atoms with Crippen LogP contribution in [0.4, 0.5) is 18.9 Å². The van der Waals surface area contributed by atoms with Crippen LogP contribution in [0, 0.1) is 0 Å². The number of hydrogen-bond acceptors (Lipinski definition) is 3. The summed E-state index contributed by atoms with van der Waals surface area (Å²) in [4.78, 5) is 14.8. The molecule has 2 rings (SSSR count). The zero-order chi connectivity index (χ0) is 15.5. The largest absolute Gasteiger partial charge is 0.411 e. The Labute approximate surface area is 118 Å². The third-order valence-corrected chi connectivity index (χ3v) is 2.75. The van der Waals surface area contributed by atoms with Crippen molar-refractivity contribution in [2.75, 3.05) is 25.5 Å². The lowest BCUT2D eigenvalue weighted by Gasteiger charge is -2.08. The minimum Gasteiger partial charge on any atom is -0.399 e. The number of nitrogen functional groups attached to an aromatic ring is 1. The van der Waals surface area contributed by atoms with Gasteiger partial charge >= 0.3 is 6.18 Å². The van der Waals surface area contributed by atoms with Gasteiger partial charge in [0.1, 0.15) is 6.61 Å². The quantitative estimate of drug-likeness (QED) is 0.584. The Kier molecular flexibility index (Phi) is 4.37. The van der Waals surface area contributed by atoms with E-state index in [0.29, 0.717) is 22.2 Å².